The Bertz CT molecular complexity index is 732. The zero-order valence-corrected chi connectivity index (χ0v) is 13.6. The lowest BCUT2D eigenvalue weighted by molar-refractivity contribution is -0.162. The molecule has 0 radical (unpaired) electrons. The molecule has 0 saturated carbocycles. The highest BCUT2D eigenvalue weighted by Crippen LogP contribution is 2.41. The van der Waals surface area contributed by atoms with Gasteiger partial charge < -0.3 is 9.47 Å². The molecule has 2 aromatic rings. The molecule has 0 spiro atoms. The number of hydrogen-bond acceptors (Lipinski definition) is 3. The number of carbonyl (C=O) groups excluding carboxylic acids is 1. The molecule has 128 valence electrons. The Morgan fingerprint density at radius 3 is 2.12 bits per heavy atom. The van der Waals surface area contributed by atoms with Crippen LogP contribution in [0, 0.1) is 0 Å². The number of halogens is 4. The van der Waals surface area contributed by atoms with Crippen molar-refractivity contribution in [2.45, 2.75) is 11.8 Å². The summed E-state index contributed by atoms with van der Waals surface area (Å²) >= 11 is 6.11. The van der Waals surface area contributed by atoms with Gasteiger partial charge in [-0.15, -0.1) is 0 Å². The fourth-order valence-corrected chi connectivity index (χ4v) is 2.73. The molecule has 3 nitrogen and oxygen atoms in total. The highest BCUT2D eigenvalue weighted by molar-refractivity contribution is 6.31. The van der Waals surface area contributed by atoms with E-state index in [0.717, 1.165) is 25.3 Å². The van der Waals surface area contributed by atoms with Crippen molar-refractivity contribution in [3.63, 3.8) is 0 Å². The number of methoxy groups -OCH3 is 2. The first kappa shape index (κ1) is 18.3. The second kappa shape index (κ2) is 6.83. The van der Waals surface area contributed by atoms with Crippen molar-refractivity contribution in [2.75, 3.05) is 14.2 Å². The first-order valence-corrected chi connectivity index (χ1v) is 7.21. The van der Waals surface area contributed by atoms with E-state index in [2.05, 4.69) is 0 Å². The Hall–Kier alpha value is -2.05. The van der Waals surface area contributed by atoms with Crippen molar-refractivity contribution in [3.8, 4) is 0 Å². The smallest absolute Gasteiger partial charge is 0.416 e. The second-order valence-corrected chi connectivity index (χ2v) is 5.34. The van der Waals surface area contributed by atoms with Gasteiger partial charge in [0.15, 0.2) is 0 Å². The van der Waals surface area contributed by atoms with Gasteiger partial charge in [0.25, 0.3) is 0 Å². The van der Waals surface area contributed by atoms with Gasteiger partial charge in [0.1, 0.15) is 0 Å². The summed E-state index contributed by atoms with van der Waals surface area (Å²) in [6.45, 7) is 0. The van der Waals surface area contributed by atoms with Crippen LogP contribution >= 0.6 is 11.6 Å². The second-order valence-electron chi connectivity index (χ2n) is 4.94. The molecule has 1 atom stereocenters. The van der Waals surface area contributed by atoms with E-state index in [1.807, 2.05) is 0 Å². The van der Waals surface area contributed by atoms with Crippen LogP contribution in [0.3, 0.4) is 0 Å². The van der Waals surface area contributed by atoms with Gasteiger partial charge in [0.2, 0.25) is 5.60 Å². The van der Waals surface area contributed by atoms with Crippen LogP contribution in [-0.2, 0) is 26.0 Å². The first-order chi connectivity index (χ1) is 11.3. The molecule has 0 aliphatic heterocycles. The third kappa shape index (κ3) is 3.12. The number of benzene rings is 2. The van der Waals surface area contributed by atoms with Gasteiger partial charge in [-0.25, -0.2) is 4.79 Å². The molecule has 2 aromatic carbocycles. The zero-order chi connectivity index (χ0) is 18.0. The average Bonchev–Trinajstić information content (AvgIpc) is 2.57. The van der Waals surface area contributed by atoms with E-state index in [1.54, 1.807) is 30.3 Å². The molecule has 0 bridgehead atoms. The van der Waals surface area contributed by atoms with Crippen molar-refractivity contribution in [1.29, 1.82) is 0 Å². The summed E-state index contributed by atoms with van der Waals surface area (Å²) in [5.41, 5.74) is -2.68. The van der Waals surface area contributed by atoms with E-state index in [1.165, 1.54) is 7.11 Å². The monoisotopic (exact) mass is 358 g/mol. The molecule has 0 fully saturated rings. The molecular weight excluding hydrogens is 345 g/mol. The van der Waals surface area contributed by atoms with Crippen LogP contribution in [0.2, 0.25) is 5.02 Å². The van der Waals surface area contributed by atoms with Gasteiger partial charge in [-0.1, -0.05) is 41.9 Å². The summed E-state index contributed by atoms with van der Waals surface area (Å²) in [6, 6.07) is 10.8. The molecule has 0 aromatic heterocycles. The SMILES string of the molecule is COC(=O)C(OC)(c1ccccc1)c1cc(C(F)(F)F)ccc1Cl. The Balaban J connectivity index is 2.80. The lowest BCUT2D eigenvalue weighted by Gasteiger charge is -2.31. The van der Waals surface area contributed by atoms with Gasteiger partial charge >= 0.3 is 12.1 Å². The Morgan fingerprint density at radius 2 is 1.62 bits per heavy atom. The quantitative estimate of drug-likeness (QED) is 0.759. The van der Waals surface area contributed by atoms with Crippen molar-refractivity contribution in [3.05, 3.63) is 70.2 Å². The van der Waals surface area contributed by atoms with E-state index >= 15 is 0 Å². The molecular formula is C17H14ClF3O3. The van der Waals surface area contributed by atoms with Crippen molar-refractivity contribution >= 4 is 17.6 Å². The Kier molecular flexibility index (Phi) is 5.20. The summed E-state index contributed by atoms with van der Waals surface area (Å²) in [4.78, 5) is 12.5. The largest absolute Gasteiger partial charge is 0.466 e. The number of ether oxygens (including phenoxy) is 2. The summed E-state index contributed by atoms with van der Waals surface area (Å²) in [5.74, 6) is -0.877. The van der Waals surface area contributed by atoms with E-state index in [0.29, 0.717) is 5.56 Å². The minimum Gasteiger partial charge on any atom is -0.466 e. The predicted octanol–water partition coefficient (Wildman–Crippen LogP) is 4.42. The molecule has 7 heteroatoms. The fraction of sp³-hybridized carbons (Fsp3) is 0.235. The van der Waals surface area contributed by atoms with Crippen molar-refractivity contribution in [1.82, 2.24) is 0 Å². The summed E-state index contributed by atoms with van der Waals surface area (Å²) in [7, 11) is 2.33. The van der Waals surface area contributed by atoms with Crippen LogP contribution in [0.5, 0.6) is 0 Å². The summed E-state index contributed by atoms with van der Waals surface area (Å²) in [6.07, 6.45) is -4.59. The topological polar surface area (TPSA) is 35.5 Å². The minimum atomic E-state index is -4.59. The maximum absolute atomic E-state index is 13.1. The molecule has 0 aliphatic rings. The number of hydrogen-bond donors (Lipinski definition) is 0. The Labute approximate surface area is 142 Å². The van der Waals surface area contributed by atoms with Gasteiger partial charge in [-0.3, -0.25) is 0 Å². The molecule has 0 saturated heterocycles. The molecule has 2 rings (SSSR count). The lowest BCUT2D eigenvalue weighted by atomic mass is 9.85. The van der Waals surface area contributed by atoms with Crippen LogP contribution in [0.4, 0.5) is 13.2 Å². The van der Waals surface area contributed by atoms with Gasteiger partial charge in [0, 0.05) is 17.7 Å². The predicted molar refractivity (Wildman–Crippen MR) is 82.7 cm³/mol. The molecule has 24 heavy (non-hydrogen) atoms. The highest BCUT2D eigenvalue weighted by atomic mass is 35.5. The Morgan fingerprint density at radius 1 is 1.00 bits per heavy atom. The summed E-state index contributed by atoms with van der Waals surface area (Å²) < 4.78 is 49.4. The van der Waals surface area contributed by atoms with Crippen LogP contribution in [-0.4, -0.2) is 20.2 Å². The van der Waals surface area contributed by atoms with Crippen LogP contribution in [0.25, 0.3) is 0 Å². The van der Waals surface area contributed by atoms with Gasteiger partial charge in [-0.05, 0) is 23.8 Å². The number of alkyl halides is 3. The maximum atomic E-state index is 13.1. The van der Waals surface area contributed by atoms with E-state index in [9.17, 15) is 18.0 Å². The van der Waals surface area contributed by atoms with Crippen LogP contribution in [0.1, 0.15) is 16.7 Å². The normalized spacial score (nSPS) is 14.1. The van der Waals surface area contributed by atoms with Crippen molar-refractivity contribution in [2.24, 2.45) is 0 Å². The van der Waals surface area contributed by atoms with Crippen LogP contribution < -0.4 is 0 Å². The van der Waals surface area contributed by atoms with Gasteiger partial charge in [0.05, 0.1) is 12.7 Å². The third-order valence-electron chi connectivity index (χ3n) is 3.63. The molecule has 0 N–H and O–H groups in total. The zero-order valence-electron chi connectivity index (χ0n) is 12.9. The fourth-order valence-electron chi connectivity index (χ4n) is 2.48. The lowest BCUT2D eigenvalue weighted by Crippen LogP contribution is -2.40. The molecule has 0 amide bonds. The minimum absolute atomic E-state index is 0.0425. The third-order valence-corrected chi connectivity index (χ3v) is 3.96. The summed E-state index contributed by atoms with van der Waals surface area (Å²) in [5, 5.41) is -0.0425. The van der Waals surface area contributed by atoms with Gasteiger partial charge in [-0.2, -0.15) is 13.2 Å². The first-order valence-electron chi connectivity index (χ1n) is 6.83. The van der Waals surface area contributed by atoms with E-state index in [4.69, 9.17) is 21.1 Å². The maximum Gasteiger partial charge on any atom is 0.416 e. The number of rotatable bonds is 4. The van der Waals surface area contributed by atoms with Crippen LogP contribution in [0.15, 0.2) is 48.5 Å². The molecule has 0 aliphatic carbocycles. The van der Waals surface area contributed by atoms with Crippen molar-refractivity contribution < 1.29 is 27.4 Å². The van der Waals surface area contributed by atoms with E-state index < -0.39 is 23.3 Å². The van der Waals surface area contributed by atoms with E-state index in [-0.39, 0.29) is 10.6 Å². The number of carbonyl (C=O) groups is 1. The average molecular weight is 359 g/mol. The highest BCUT2D eigenvalue weighted by Gasteiger charge is 2.46. The number of esters is 1. The molecule has 0 heterocycles. The standard InChI is InChI=1S/C17H14ClF3O3/c1-23-15(22)16(24-2,11-6-4-3-5-7-11)13-10-12(17(19,20)21)8-9-14(13)18/h3-10H,1-2H3. The molecule has 1 unspecified atom stereocenters.